The van der Waals surface area contributed by atoms with Gasteiger partial charge in [0.15, 0.2) is 0 Å². The summed E-state index contributed by atoms with van der Waals surface area (Å²) in [5.41, 5.74) is 0.658. The van der Waals surface area contributed by atoms with Crippen molar-refractivity contribution < 1.29 is 4.74 Å². The second-order valence-corrected chi connectivity index (χ2v) is 5.54. The minimum absolute atomic E-state index is 0.546. The molecule has 1 atom stereocenters. The molecular weight excluding hydrogens is 276 g/mol. The SMILES string of the molecule is N#Cc1ccc(OCCN2CCC[C@@H]2Cn2cccn2)cc1. The Hall–Kier alpha value is -2.32. The van der Waals surface area contributed by atoms with Gasteiger partial charge in [-0.2, -0.15) is 10.4 Å². The molecule has 114 valence electrons. The molecule has 22 heavy (non-hydrogen) atoms. The predicted molar refractivity (Wildman–Crippen MR) is 83.5 cm³/mol. The average Bonchev–Trinajstić information content (AvgIpc) is 3.21. The van der Waals surface area contributed by atoms with E-state index in [-0.39, 0.29) is 0 Å². The zero-order valence-corrected chi connectivity index (χ0v) is 12.6. The maximum absolute atomic E-state index is 8.78. The lowest BCUT2D eigenvalue weighted by molar-refractivity contribution is 0.182. The van der Waals surface area contributed by atoms with Crippen LogP contribution in [0.25, 0.3) is 0 Å². The first-order valence-corrected chi connectivity index (χ1v) is 7.69. The molecule has 1 saturated heterocycles. The van der Waals surface area contributed by atoms with Gasteiger partial charge in [0.2, 0.25) is 0 Å². The Morgan fingerprint density at radius 3 is 2.91 bits per heavy atom. The van der Waals surface area contributed by atoms with Crippen LogP contribution in [0.5, 0.6) is 5.75 Å². The largest absolute Gasteiger partial charge is 0.492 e. The van der Waals surface area contributed by atoms with Crippen molar-refractivity contribution in [3.63, 3.8) is 0 Å². The van der Waals surface area contributed by atoms with Gasteiger partial charge in [-0.05, 0) is 49.7 Å². The van der Waals surface area contributed by atoms with E-state index in [9.17, 15) is 0 Å². The molecule has 0 N–H and O–H groups in total. The molecule has 1 fully saturated rings. The number of benzene rings is 1. The van der Waals surface area contributed by atoms with Crippen LogP contribution in [0.15, 0.2) is 42.7 Å². The molecule has 0 spiro atoms. The van der Waals surface area contributed by atoms with Crippen molar-refractivity contribution in [3.8, 4) is 11.8 Å². The molecule has 5 heteroatoms. The van der Waals surface area contributed by atoms with Crippen LogP contribution in [-0.4, -0.2) is 40.4 Å². The maximum Gasteiger partial charge on any atom is 0.119 e. The van der Waals surface area contributed by atoms with Crippen molar-refractivity contribution in [3.05, 3.63) is 48.3 Å². The molecule has 5 nitrogen and oxygen atoms in total. The maximum atomic E-state index is 8.78. The summed E-state index contributed by atoms with van der Waals surface area (Å²) in [5, 5.41) is 13.1. The molecule has 0 aliphatic carbocycles. The standard InChI is InChI=1S/C17H20N4O/c18-13-15-4-6-17(7-5-15)22-12-11-20-9-1-3-16(20)14-21-10-2-8-19-21/h2,4-8,10,16H,1,3,9,11-12,14H2/t16-/m1/s1. The fourth-order valence-electron chi connectivity index (χ4n) is 2.93. The Morgan fingerprint density at radius 2 is 2.18 bits per heavy atom. The van der Waals surface area contributed by atoms with Gasteiger partial charge in [0, 0.05) is 25.0 Å². The summed E-state index contributed by atoms with van der Waals surface area (Å²) in [6.07, 6.45) is 6.30. The zero-order chi connectivity index (χ0) is 15.2. The van der Waals surface area contributed by atoms with E-state index in [4.69, 9.17) is 10.00 Å². The molecular formula is C17H20N4O. The van der Waals surface area contributed by atoms with Gasteiger partial charge in [-0.3, -0.25) is 9.58 Å². The second kappa shape index (κ2) is 7.10. The predicted octanol–water partition coefficient (Wildman–Crippen LogP) is 2.30. The van der Waals surface area contributed by atoms with E-state index in [0.29, 0.717) is 18.2 Å². The summed E-state index contributed by atoms with van der Waals surface area (Å²) in [4.78, 5) is 2.48. The monoisotopic (exact) mass is 296 g/mol. The molecule has 1 aromatic carbocycles. The highest BCUT2D eigenvalue weighted by Gasteiger charge is 2.24. The average molecular weight is 296 g/mol. The van der Waals surface area contributed by atoms with Crippen molar-refractivity contribution in [1.29, 1.82) is 5.26 Å². The van der Waals surface area contributed by atoms with Gasteiger partial charge in [-0.1, -0.05) is 0 Å². The number of hydrogen-bond donors (Lipinski definition) is 0. The van der Waals surface area contributed by atoms with Gasteiger partial charge in [-0.15, -0.1) is 0 Å². The summed E-state index contributed by atoms with van der Waals surface area (Å²) in [6, 6.07) is 11.9. The van der Waals surface area contributed by atoms with E-state index in [0.717, 1.165) is 25.4 Å². The van der Waals surface area contributed by atoms with Gasteiger partial charge in [0.25, 0.3) is 0 Å². The van der Waals surface area contributed by atoms with Crippen LogP contribution in [0.4, 0.5) is 0 Å². The number of rotatable bonds is 6. The van der Waals surface area contributed by atoms with E-state index < -0.39 is 0 Å². The molecule has 0 amide bonds. The summed E-state index contributed by atoms with van der Waals surface area (Å²) in [6.45, 7) is 3.67. The first kappa shape index (κ1) is 14.6. The Bertz CT molecular complexity index is 615. The van der Waals surface area contributed by atoms with E-state index in [1.807, 2.05) is 35.3 Å². The first-order chi connectivity index (χ1) is 10.8. The van der Waals surface area contributed by atoms with E-state index in [2.05, 4.69) is 16.1 Å². The van der Waals surface area contributed by atoms with E-state index in [1.165, 1.54) is 12.8 Å². The molecule has 1 aliphatic heterocycles. The molecule has 2 heterocycles. The highest BCUT2D eigenvalue weighted by Crippen LogP contribution is 2.18. The van der Waals surface area contributed by atoms with Gasteiger partial charge in [0.05, 0.1) is 18.2 Å². The Morgan fingerprint density at radius 1 is 1.32 bits per heavy atom. The second-order valence-electron chi connectivity index (χ2n) is 5.54. The van der Waals surface area contributed by atoms with Crippen LogP contribution in [0, 0.1) is 11.3 Å². The normalized spacial score (nSPS) is 18.2. The quantitative estimate of drug-likeness (QED) is 0.821. The highest BCUT2D eigenvalue weighted by atomic mass is 16.5. The van der Waals surface area contributed by atoms with Crippen LogP contribution in [-0.2, 0) is 6.54 Å². The van der Waals surface area contributed by atoms with Crippen LogP contribution in [0.2, 0.25) is 0 Å². The van der Waals surface area contributed by atoms with Crippen molar-refractivity contribution in [2.75, 3.05) is 19.7 Å². The number of ether oxygens (including phenoxy) is 1. The lowest BCUT2D eigenvalue weighted by atomic mass is 10.2. The van der Waals surface area contributed by atoms with Gasteiger partial charge < -0.3 is 4.74 Å². The van der Waals surface area contributed by atoms with Crippen LogP contribution in [0.1, 0.15) is 18.4 Å². The third-order valence-electron chi connectivity index (χ3n) is 4.09. The minimum Gasteiger partial charge on any atom is -0.492 e. The summed E-state index contributed by atoms with van der Waals surface area (Å²) in [7, 11) is 0. The first-order valence-electron chi connectivity index (χ1n) is 7.69. The number of aromatic nitrogens is 2. The Labute approximate surface area is 130 Å². The van der Waals surface area contributed by atoms with E-state index >= 15 is 0 Å². The number of nitriles is 1. The molecule has 3 rings (SSSR count). The Balaban J connectivity index is 1.46. The fourth-order valence-corrected chi connectivity index (χ4v) is 2.93. The number of likely N-dealkylation sites (tertiary alicyclic amines) is 1. The lowest BCUT2D eigenvalue weighted by Gasteiger charge is -2.24. The number of nitrogens with zero attached hydrogens (tertiary/aromatic N) is 4. The topological polar surface area (TPSA) is 54.1 Å². The van der Waals surface area contributed by atoms with E-state index in [1.54, 1.807) is 12.1 Å². The Kier molecular flexibility index (Phi) is 4.71. The van der Waals surface area contributed by atoms with Gasteiger partial charge in [-0.25, -0.2) is 0 Å². The smallest absolute Gasteiger partial charge is 0.119 e. The summed E-state index contributed by atoms with van der Waals surface area (Å²) >= 11 is 0. The summed E-state index contributed by atoms with van der Waals surface area (Å²) < 4.78 is 7.78. The van der Waals surface area contributed by atoms with Crippen LogP contribution < -0.4 is 4.74 Å². The molecule has 0 saturated carbocycles. The molecule has 0 bridgehead atoms. The zero-order valence-electron chi connectivity index (χ0n) is 12.6. The van der Waals surface area contributed by atoms with Crippen molar-refractivity contribution >= 4 is 0 Å². The summed E-state index contributed by atoms with van der Waals surface area (Å²) in [5.74, 6) is 0.821. The van der Waals surface area contributed by atoms with Gasteiger partial charge in [0.1, 0.15) is 12.4 Å². The lowest BCUT2D eigenvalue weighted by Crippen LogP contribution is -2.36. The van der Waals surface area contributed by atoms with Crippen molar-refractivity contribution in [2.24, 2.45) is 0 Å². The third-order valence-corrected chi connectivity index (χ3v) is 4.09. The van der Waals surface area contributed by atoms with Crippen LogP contribution >= 0.6 is 0 Å². The van der Waals surface area contributed by atoms with Crippen LogP contribution in [0.3, 0.4) is 0 Å². The third kappa shape index (κ3) is 3.66. The molecule has 1 aliphatic rings. The molecule has 1 aromatic heterocycles. The minimum atomic E-state index is 0.546. The fraction of sp³-hybridized carbons (Fsp3) is 0.412. The highest BCUT2D eigenvalue weighted by molar-refractivity contribution is 5.34. The molecule has 2 aromatic rings. The molecule has 0 radical (unpaired) electrons. The van der Waals surface area contributed by atoms with Crippen molar-refractivity contribution in [1.82, 2.24) is 14.7 Å². The van der Waals surface area contributed by atoms with Crippen molar-refractivity contribution in [2.45, 2.75) is 25.4 Å². The van der Waals surface area contributed by atoms with Gasteiger partial charge >= 0.3 is 0 Å². The molecule has 0 unspecified atom stereocenters. The number of hydrogen-bond acceptors (Lipinski definition) is 4.